The number of nitrogens with one attached hydrogen (secondary N) is 1. The van der Waals surface area contributed by atoms with E-state index in [1.807, 2.05) is 41.0 Å². The van der Waals surface area contributed by atoms with E-state index in [1.54, 1.807) is 24.5 Å². The molecule has 2 aromatic heterocycles. The highest BCUT2D eigenvalue weighted by atomic mass is 32.2. The van der Waals surface area contributed by atoms with Crippen LogP contribution >= 0.6 is 11.8 Å². The Hall–Kier alpha value is -3.72. The molecule has 0 aliphatic heterocycles. The normalized spacial score (nSPS) is 10.8. The van der Waals surface area contributed by atoms with Crippen LogP contribution in [-0.2, 0) is 4.79 Å². The molecule has 174 valence electrons. The van der Waals surface area contributed by atoms with Gasteiger partial charge in [-0.2, -0.15) is 0 Å². The summed E-state index contributed by atoms with van der Waals surface area (Å²) in [4.78, 5) is 18.9. The number of hydrogen-bond acceptors (Lipinski definition) is 6. The lowest BCUT2D eigenvalue weighted by atomic mass is 10.2. The van der Waals surface area contributed by atoms with Crippen molar-refractivity contribution in [2.45, 2.75) is 19.0 Å². The zero-order valence-electron chi connectivity index (χ0n) is 19.0. The van der Waals surface area contributed by atoms with E-state index in [1.165, 1.54) is 23.9 Å². The molecule has 1 amide bonds. The number of halogens is 1. The first kappa shape index (κ1) is 23.4. The van der Waals surface area contributed by atoms with Crippen LogP contribution in [-0.4, -0.2) is 44.5 Å². The van der Waals surface area contributed by atoms with Crippen molar-refractivity contribution < 1.29 is 9.18 Å². The average Bonchev–Trinajstić information content (AvgIpc) is 3.29. The van der Waals surface area contributed by atoms with Crippen molar-refractivity contribution in [3.05, 3.63) is 78.9 Å². The second kappa shape index (κ2) is 10.9. The number of carbonyl (C=O) groups excluding carboxylic acids is 1. The van der Waals surface area contributed by atoms with Crippen molar-refractivity contribution >= 4 is 29.0 Å². The lowest BCUT2D eigenvalue weighted by Gasteiger charge is -2.21. The fourth-order valence-electron chi connectivity index (χ4n) is 3.55. The summed E-state index contributed by atoms with van der Waals surface area (Å²) < 4.78 is 15.3. The predicted octanol–water partition coefficient (Wildman–Crippen LogP) is 5.05. The van der Waals surface area contributed by atoms with Crippen molar-refractivity contribution in [3.8, 4) is 17.1 Å². The van der Waals surface area contributed by atoms with E-state index < -0.39 is 0 Å². The minimum absolute atomic E-state index is 0.146. The molecule has 0 unspecified atom stereocenters. The maximum atomic E-state index is 13.5. The van der Waals surface area contributed by atoms with Gasteiger partial charge >= 0.3 is 0 Å². The third-order valence-electron chi connectivity index (χ3n) is 5.27. The minimum atomic E-state index is -0.331. The smallest absolute Gasteiger partial charge is 0.234 e. The monoisotopic (exact) mass is 476 g/mol. The molecule has 2 heterocycles. The van der Waals surface area contributed by atoms with E-state index in [0.717, 1.165) is 30.0 Å². The number of carbonyl (C=O) groups is 1. The summed E-state index contributed by atoms with van der Waals surface area (Å²) in [5.74, 6) is 0.250. The van der Waals surface area contributed by atoms with Gasteiger partial charge in [-0.3, -0.25) is 14.3 Å². The lowest BCUT2D eigenvalue weighted by Crippen LogP contribution is -2.21. The third kappa shape index (κ3) is 5.43. The lowest BCUT2D eigenvalue weighted by molar-refractivity contribution is -0.113. The highest BCUT2D eigenvalue weighted by Crippen LogP contribution is 2.28. The van der Waals surface area contributed by atoms with Gasteiger partial charge in [0.2, 0.25) is 5.91 Å². The SMILES string of the molecule is CCN(CC)c1ccc(NC(=O)CSc2nnc(-c3ccncc3)n2-c2ccc(F)cc2)cc1. The van der Waals surface area contributed by atoms with Crippen LogP contribution in [0.2, 0.25) is 0 Å². The molecule has 0 radical (unpaired) electrons. The second-order valence-corrected chi connectivity index (χ2v) is 8.35. The van der Waals surface area contributed by atoms with Gasteiger partial charge in [0.15, 0.2) is 11.0 Å². The zero-order chi connectivity index (χ0) is 23.9. The third-order valence-corrected chi connectivity index (χ3v) is 6.20. The molecule has 34 heavy (non-hydrogen) atoms. The largest absolute Gasteiger partial charge is 0.372 e. The summed E-state index contributed by atoms with van der Waals surface area (Å²) in [5, 5.41) is 12.1. The fraction of sp³-hybridized carbons (Fsp3) is 0.200. The van der Waals surface area contributed by atoms with Gasteiger partial charge in [-0.15, -0.1) is 10.2 Å². The molecule has 0 saturated carbocycles. The van der Waals surface area contributed by atoms with Crippen LogP contribution in [0.1, 0.15) is 13.8 Å². The van der Waals surface area contributed by atoms with Crippen LogP contribution in [0.25, 0.3) is 17.1 Å². The summed E-state index contributed by atoms with van der Waals surface area (Å²) in [7, 11) is 0. The van der Waals surface area contributed by atoms with Crippen molar-refractivity contribution in [3.63, 3.8) is 0 Å². The molecule has 7 nitrogen and oxygen atoms in total. The number of rotatable bonds is 9. The van der Waals surface area contributed by atoms with E-state index in [2.05, 4.69) is 39.2 Å². The van der Waals surface area contributed by atoms with E-state index in [-0.39, 0.29) is 17.5 Å². The molecular weight excluding hydrogens is 451 g/mol. The molecule has 0 aliphatic carbocycles. The summed E-state index contributed by atoms with van der Waals surface area (Å²) in [5.41, 5.74) is 3.37. The van der Waals surface area contributed by atoms with Crippen LogP contribution in [0.5, 0.6) is 0 Å². The van der Waals surface area contributed by atoms with Gasteiger partial charge < -0.3 is 10.2 Å². The van der Waals surface area contributed by atoms with Gasteiger partial charge in [0.25, 0.3) is 0 Å². The Balaban J connectivity index is 1.50. The van der Waals surface area contributed by atoms with E-state index in [9.17, 15) is 9.18 Å². The van der Waals surface area contributed by atoms with Crippen LogP contribution < -0.4 is 10.2 Å². The molecule has 0 spiro atoms. The quantitative estimate of drug-likeness (QED) is 0.341. The number of thioether (sulfide) groups is 1. The molecule has 0 atom stereocenters. The number of nitrogens with zero attached hydrogens (tertiary/aromatic N) is 5. The Morgan fingerprint density at radius 2 is 1.65 bits per heavy atom. The van der Waals surface area contributed by atoms with E-state index >= 15 is 0 Å². The molecule has 0 aliphatic rings. The number of benzene rings is 2. The number of aromatic nitrogens is 4. The molecule has 0 fully saturated rings. The van der Waals surface area contributed by atoms with Gasteiger partial charge in [-0.25, -0.2) is 4.39 Å². The number of anilines is 2. The van der Waals surface area contributed by atoms with Crippen LogP contribution in [0, 0.1) is 5.82 Å². The van der Waals surface area contributed by atoms with Crippen LogP contribution in [0.15, 0.2) is 78.2 Å². The van der Waals surface area contributed by atoms with Crippen LogP contribution in [0.3, 0.4) is 0 Å². The van der Waals surface area contributed by atoms with Crippen molar-refractivity contribution in [1.29, 1.82) is 0 Å². The highest BCUT2D eigenvalue weighted by molar-refractivity contribution is 7.99. The maximum absolute atomic E-state index is 13.5. The van der Waals surface area contributed by atoms with Gasteiger partial charge in [-0.05, 0) is 74.5 Å². The first-order chi connectivity index (χ1) is 16.6. The molecular formula is C25H25FN6OS. The summed E-state index contributed by atoms with van der Waals surface area (Å²) in [6, 6.07) is 17.5. The molecule has 4 rings (SSSR count). The first-order valence-electron chi connectivity index (χ1n) is 11.0. The molecule has 2 aromatic carbocycles. The fourth-order valence-corrected chi connectivity index (χ4v) is 4.30. The van der Waals surface area contributed by atoms with Crippen molar-refractivity contribution in [1.82, 2.24) is 19.7 Å². The summed E-state index contributed by atoms with van der Waals surface area (Å²) >= 11 is 1.26. The molecule has 0 bridgehead atoms. The van der Waals surface area contributed by atoms with Gasteiger partial charge in [-0.1, -0.05) is 11.8 Å². The minimum Gasteiger partial charge on any atom is -0.372 e. The number of pyridine rings is 1. The molecule has 1 N–H and O–H groups in total. The Bertz CT molecular complexity index is 1220. The van der Waals surface area contributed by atoms with Gasteiger partial charge in [0.05, 0.1) is 5.75 Å². The number of amides is 1. The van der Waals surface area contributed by atoms with Gasteiger partial charge in [0.1, 0.15) is 5.82 Å². The highest BCUT2D eigenvalue weighted by Gasteiger charge is 2.17. The average molecular weight is 477 g/mol. The van der Waals surface area contributed by atoms with E-state index in [0.29, 0.717) is 16.7 Å². The van der Waals surface area contributed by atoms with Crippen molar-refractivity contribution in [2.24, 2.45) is 0 Å². The Labute approximate surface area is 202 Å². The summed E-state index contributed by atoms with van der Waals surface area (Å²) in [6.07, 6.45) is 3.34. The summed E-state index contributed by atoms with van der Waals surface area (Å²) in [6.45, 7) is 6.08. The zero-order valence-corrected chi connectivity index (χ0v) is 19.8. The molecule has 4 aromatic rings. The Morgan fingerprint density at radius 1 is 0.971 bits per heavy atom. The number of hydrogen-bond donors (Lipinski definition) is 1. The first-order valence-corrected chi connectivity index (χ1v) is 12.0. The predicted molar refractivity (Wildman–Crippen MR) is 134 cm³/mol. The Kier molecular flexibility index (Phi) is 7.54. The molecule has 0 saturated heterocycles. The topological polar surface area (TPSA) is 75.9 Å². The van der Waals surface area contributed by atoms with Gasteiger partial charge in [0, 0.05) is 48.1 Å². The van der Waals surface area contributed by atoms with E-state index in [4.69, 9.17) is 0 Å². The van der Waals surface area contributed by atoms with Crippen molar-refractivity contribution in [2.75, 3.05) is 29.1 Å². The maximum Gasteiger partial charge on any atom is 0.234 e. The second-order valence-electron chi connectivity index (χ2n) is 7.41. The van der Waals surface area contributed by atoms with Crippen LogP contribution in [0.4, 0.5) is 15.8 Å². The Morgan fingerprint density at radius 3 is 2.29 bits per heavy atom. The standard InChI is InChI=1S/C25H25FN6OS/c1-3-31(4-2)21-11-7-20(8-12-21)28-23(33)17-34-25-30-29-24(18-13-15-27-16-14-18)32(25)22-9-5-19(26)6-10-22/h5-16H,3-4,17H2,1-2H3,(H,28,33). The molecule has 9 heteroatoms.